The largest absolute Gasteiger partial charge is 0.497 e. The maximum atomic E-state index is 11.3. The molecule has 0 aliphatic heterocycles. The fraction of sp³-hybridized carbons (Fsp3) is 0.0625. The van der Waals surface area contributed by atoms with Gasteiger partial charge in [-0.25, -0.2) is 0 Å². The van der Waals surface area contributed by atoms with Crippen molar-refractivity contribution >= 4 is 34.3 Å². The number of ether oxygens (including phenoxy) is 1. The van der Waals surface area contributed by atoms with Gasteiger partial charge in [-0.2, -0.15) is 0 Å². The Kier molecular flexibility index (Phi) is 3.68. The van der Waals surface area contributed by atoms with Crippen LogP contribution >= 0.6 is 0 Å². The molecule has 2 N–H and O–H groups in total. The van der Waals surface area contributed by atoms with E-state index in [9.17, 15) is 14.9 Å². The summed E-state index contributed by atoms with van der Waals surface area (Å²) in [5, 5.41) is 14.6. The first-order chi connectivity index (χ1) is 11.1. The Balaban J connectivity index is 2.03. The molecule has 0 fully saturated rings. The zero-order valence-electron chi connectivity index (χ0n) is 12.2. The van der Waals surface area contributed by atoms with Gasteiger partial charge in [0.2, 0.25) is 0 Å². The van der Waals surface area contributed by atoms with Crippen molar-refractivity contribution in [2.45, 2.75) is 0 Å². The number of aromatic nitrogens is 1. The lowest BCUT2D eigenvalue weighted by Crippen LogP contribution is -1.94. The number of nitro benzene ring substituents is 1. The highest BCUT2D eigenvalue weighted by atomic mass is 16.6. The third-order valence-corrected chi connectivity index (χ3v) is 3.50. The Hall–Kier alpha value is -3.35. The summed E-state index contributed by atoms with van der Waals surface area (Å²) in [5.74, 6) is 0.667. The zero-order chi connectivity index (χ0) is 16.4. The van der Waals surface area contributed by atoms with Gasteiger partial charge >= 0.3 is 0 Å². The molecule has 0 saturated carbocycles. The Morgan fingerprint density at radius 1 is 1.22 bits per heavy atom. The summed E-state index contributed by atoms with van der Waals surface area (Å²) in [6.07, 6.45) is 0.722. The molecule has 0 unspecified atom stereocenters. The molecule has 1 heterocycles. The van der Waals surface area contributed by atoms with E-state index in [1.54, 1.807) is 25.3 Å². The van der Waals surface area contributed by atoms with Crippen LogP contribution in [0.1, 0.15) is 10.5 Å². The summed E-state index contributed by atoms with van der Waals surface area (Å²) < 4.78 is 5.21. The Bertz CT molecular complexity index is 884. The summed E-state index contributed by atoms with van der Waals surface area (Å²) in [4.78, 5) is 24.5. The molecule has 7 heteroatoms. The highest BCUT2D eigenvalue weighted by Gasteiger charge is 2.13. The lowest BCUT2D eigenvalue weighted by atomic mass is 10.2. The lowest BCUT2D eigenvalue weighted by molar-refractivity contribution is -0.384. The van der Waals surface area contributed by atoms with Gasteiger partial charge in [-0.05, 0) is 30.3 Å². The highest BCUT2D eigenvalue weighted by Crippen LogP contribution is 2.32. The van der Waals surface area contributed by atoms with E-state index in [0.29, 0.717) is 22.8 Å². The molecule has 1 aromatic heterocycles. The molecule has 3 rings (SSSR count). The van der Waals surface area contributed by atoms with E-state index in [0.717, 1.165) is 17.2 Å². The summed E-state index contributed by atoms with van der Waals surface area (Å²) in [6.45, 7) is 0. The summed E-state index contributed by atoms with van der Waals surface area (Å²) in [5.41, 5.74) is 2.43. The third kappa shape index (κ3) is 2.71. The minimum Gasteiger partial charge on any atom is -0.497 e. The number of nitrogens with zero attached hydrogens (tertiary/aromatic N) is 1. The molecule has 0 aliphatic carbocycles. The molecule has 23 heavy (non-hydrogen) atoms. The van der Waals surface area contributed by atoms with Gasteiger partial charge in [0.25, 0.3) is 5.69 Å². The molecule has 3 aromatic rings. The van der Waals surface area contributed by atoms with Crippen molar-refractivity contribution < 1.29 is 14.5 Å². The van der Waals surface area contributed by atoms with E-state index in [1.165, 1.54) is 12.1 Å². The number of rotatable bonds is 5. The van der Waals surface area contributed by atoms with E-state index in [2.05, 4.69) is 10.3 Å². The summed E-state index contributed by atoms with van der Waals surface area (Å²) >= 11 is 0. The Morgan fingerprint density at radius 2 is 1.96 bits per heavy atom. The van der Waals surface area contributed by atoms with E-state index in [4.69, 9.17) is 4.74 Å². The summed E-state index contributed by atoms with van der Waals surface area (Å²) in [6, 6.07) is 11.4. The number of H-pyrrole nitrogens is 1. The molecule has 0 radical (unpaired) electrons. The van der Waals surface area contributed by atoms with Crippen molar-refractivity contribution in [2.75, 3.05) is 12.4 Å². The number of carbonyl (C=O) groups excluding carboxylic acids is 1. The average molecular weight is 311 g/mol. The fourth-order valence-electron chi connectivity index (χ4n) is 2.35. The third-order valence-electron chi connectivity index (χ3n) is 3.50. The molecule has 0 atom stereocenters. The normalized spacial score (nSPS) is 10.5. The fourth-order valence-corrected chi connectivity index (χ4v) is 2.35. The number of hydrogen-bond acceptors (Lipinski definition) is 5. The number of non-ortho nitro benzene ring substituents is 1. The van der Waals surface area contributed by atoms with E-state index < -0.39 is 4.92 Å². The molecule has 0 bridgehead atoms. The van der Waals surface area contributed by atoms with Gasteiger partial charge in [0.15, 0.2) is 6.29 Å². The average Bonchev–Trinajstić information content (AvgIpc) is 2.92. The zero-order valence-corrected chi connectivity index (χ0v) is 12.2. The molecule has 0 spiro atoms. The predicted octanol–water partition coefficient (Wildman–Crippen LogP) is 3.64. The molecular formula is C16H13N3O4. The minimum atomic E-state index is -0.461. The van der Waals surface area contributed by atoms with Crippen molar-refractivity contribution in [3.05, 3.63) is 58.3 Å². The Morgan fingerprint density at radius 3 is 2.57 bits per heavy atom. The van der Waals surface area contributed by atoms with Crippen molar-refractivity contribution in [3.63, 3.8) is 0 Å². The quantitative estimate of drug-likeness (QED) is 0.426. The van der Waals surface area contributed by atoms with Crippen LogP contribution in [0.4, 0.5) is 17.1 Å². The summed E-state index contributed by atoms with van der Waals surface area (Å²) in [7, 11) is 1.57. The van der Waals surface area contributed by atoms with Crippen LogP contribution in [0.25, 0.3) is 10.9 Å². The lowest BCUT2D eigenvalue weighted by Gasteiger charge is -2.07. The molecule has 0 aliphatic rings. The van der Waals surface area contributed by atoms with Crippen LogP contribution in [0.2, 0.25) is 0 Å². The molecule has 2 aromatic carbocycles. The number of hydrogen-bond donors (Lipinski definition) is 2. The maximum absolute atomic E-state index is 11.3. The van der Waals surface area contributed by atoms with Crippen LogP contribution < -0.4 is 10.1 Å². The van der Waals surface area contributed by atoms with Crippen molar-refractivity contribution in [3.8, 4) is 5.75 Å². The maximum Gasteiger partial charge on any atom is 0.269 e. The SMILES string of the molecule is COc1ccc2[nH]c(C=O)c(Nc3ccc([N+](=O)[O-])cc3)c2c1. The van der Waals surface area contributed by atoms with Crippen LogP contribution in [-0.2, 0) is 0 Å². The van der Waals surface area contributed by atoms with Crippen molar-refractivity contribution in [1.82, 2.24) is 4.98 Å². The van der Waals surface area contributed by atoms with Gasteiger partial charge in [0, 0.05) is 28.7 Å². The molecule has 7 nitrogen and oxygen atoms in total. The standard InChI is InChI=1S/C16H13N3O4/c1-23-12-6-7-14-13(8-12)16(15(9-20)18-14)17-10-2-4-11(5-3-10)19(21)22/h2-9,17-18H,1H3. The van der Waals surface area contributed by atoms with Crippen LogP contribution in [0, 0.1) is 10.1 Å². The first-order valence-electron chi connectivity index (χ1n) is 6.78. The second-order valence-electron chi connectivity index (χ2n) is 4.87. The van der Waals surface area contributed by atoms with E-state index in [1.807, 2.05) is 12.1 Å². The number of aromatic amines is 1. The van der Waals surface area contributed by atoms with E-state index >= 15 is 0 Å². The minimum absolute atomic E-state index is 0.00626. The molecule has 0 saturated heterocycles. The van der Waals surface area contributed by atoms with Crippen LogP contribution in [0.3, 0.4) is 0 Å². The first-order valence-corrected chi connectivity index (χ1v) is 6.78. The van der Waals surface area contributed by atoms with Gasteiger partial charge in [-0.3, -0.25) is 14.9 Å². The molecule has 116 valence electrons. The second kappa shape index (κ2) is 5.80. The van der Waals surface area contributed by atoms with Gasteiger partial charge in [-0.1, -0.05) is 0 Å². The number of anilines is 2. The number of carbonyl (C=O) groups is 1. The number of benzene rings is 2. The topological polar surface area (TPSA) is 97.3 Å². The predicted molar refractivity (Wildman–Crippen MR) is 86.6 cm³/mol. The Labute approximate surface area is 131 Å². The van der Waals surface area contributed by atoms with Crippen LogP contribution in [0.15, 0.2) is 42.5 Å². The van der Waals surface area contributed by atoms with Crippen LogP contribution in [-0.4, -0.2) is 23.3 Å². The van der Waals surface area contributed by atoms with E-state index in [-0.39, 0.29) is 5.69 Å². The number of nitrogens with one attached hydrogen (secondary N) is 2. The van der Waals surface area contributed by atoms with Crippen LogP contribution in [0.5, 0.6) is 5.75 Å². The van der Waals surface area contributed by atoms with Gasteiger partial charge in [0.05, 0.1) is 17.7 Å². The van der Waals surface area contributed by atoms with Crippen molar-refractivity contribution in [1.29, 1.82) is 0 Å². The molecule has 0 amide bonds. The van der Waals surface area contributed by atoms with Gasteiger partial charge in [-0.15, -0.1) is 0 Å². The number of fused-ring (bicyclic) bond motifs is 1. The highest BCUT2D eigenvalue weighted by molar-refractivity contribution is 6.03. The number of nitro groups is 1. The van der Waals surface area contributed by atoms with Gasteiger partial charge in [0.1, 0.15) is 11.4 Å². The smallest absolute Gasteiger partial charge is 0.269 e. The monoisotopic (exact) mass is 311 g/mol. The first kappa shape index (κ1) is 14.6. The number of aldehydes is 1. The van der Waals surface area contributed by atoms with Crippen molar-refractivity contribution in [2.24, 2.45) is 0 Å². The molecular weight excluding hydrogens is 298 g/mol. The number of methoxy groups -OCH3 is 1. The van der Waals surface area contributed by atoms with Gasteiger partial charge < -0.3 is 15.0 Å². The second-order valence-corrected chi connectivity index (χ2v) is 4.87.